The van der Waals surface area contributed by atoms with Crippen molar-refractivity contribution >= 4 is 10.4 Å². The van der Waals surface area contributed by atoms with Crippen LogP contribution in [0.2, 0.25) is 0 Å². The number of hydrogen-bond donors (Lipinski definition) is 6. The molecule has 318 valence electrons. The van der Waals surface area contributed by atoms with Crippen molar-refractivity contribution in [2.75, 3.05) is 26.9 Å². The van der Waals surface area contributed by atoms with Crippen molar-refractivity contribution in [2.45, 2.75) is 153 Å². The summed E-state index contributed by atoms with van der Waals surface area (Å²) in [5, 5.41) is 64.6. The molecule has 56 heavy (non-hydrogen) atoms. The summed E-state index contributed by atoms with van der Waals surface area (Å²) in [6, 6.07) is 0. The van der Waals surface area contributed by atoms with E-state index >= 15 is 0 Å². The van der Waals surface area contributed by atoms with Crippen LogP contribution in [0, 0.1) is 52.3 Å². The van der Waals surface area contributed by atoms with Crippen molar-refractivity contribution in [1.29, 1.82) is 0 Å². The van der Waals surface area contributed by atoms with Gasteiger partial charge in [0.2, 0.25) is 10.4 Å². The van der Waals surface area contributed by atoms with Crippen LogP contribution in [0.4, 0.5) is 0 Å². The van der Waals surface area contributed by atoms with Gasteiger partial charge in [-0.15, -0.1) is 0 Å². The Morgan fingerprint density at radius 1 is 0.857 bits per heavy atom. The van der Waals surface area contributed by atoms with Gasteiger partial charge in [-0.2, -0.15) is 0 Å². The summed E-state index contributed by atoms with van der Waals surface area (Å²) >= 11 is 0. The molecular formula is C39H65NaO15S. The Balaban J connectivity index is 0.00000600. The summed E-state index contributed by atoms with van der Waals surface area (Å²) in [7, 11) is -4.05. The van der Waals surface area contributed by atoms with Crippen molar-refractivity contribution in [1.82, 2.24) is 0 Å². The molecule has 6 rings (SSSR count). The fraction of sp³-hybridized carbons (Fsp3) is 0.949. The fourth-order valence-electron chi connectivity index (χ4n) is 12.1. The minimum Gasteiger partial charge on any atom is -0.726 e. The molecule has 6 N–H and O–H groups in total. The van der Waals surface area contributed by atoms with Crippen molar-refractivity contribution < 1.29 is 101 Å². The number of ether oxygens (including phenoxy) is 5. The van der Waals surface area contributed by atoms with Gasteiger partial charge in [0, 0.05) is 13.0 Å². The number of hydrogen-bond acceptors (Lipinski definition) is 15. The van der Waals surface area contributed by atoms with Gasteiger partial charge in [0.1, 0.15) is 36.6 Å². The number of methoxy groups -OCH3 is 1. The molecular weight excluding hydrogens is 763 g/mol. The predicted octanol–water partition coefficient (Wildman–Crippen LogP) is -1.38. The molecule has 0 bridgehead atoms. The zero-order chi connectivity index (χ0) is 40.2. The second-order valence-corrected chi connectivity index (χ2v) is 19.3. The van der Waals surface area contributed by atoms with Gasteiger partial charge in [-0.05, 0) is 104 Å². The molecule has 20 atom stereocenters. The summed E-state index contributed by atoms with van der Waals surface area (Å²) in [6.07, 6.45) is -5.25. The predicted molar refractivity (Wildman–Crippen MR) is 194 cm³/mol. The molecule has 2 aliphatic heterocycles. The Hall–Kier alpha value is 0.170. The number of aliphatic hydroxyl groups excluding tert-OH is 6. The number of aliphatic hydroxyl groups is 6. The van der Waals surface area contributed by atoms with Gasteiger partial charge in [0.15, 0.2) is 12.6 Å². The molecule has 6 fully saturated rings. The van der Waals surface area contributed by atoms with E-state index in [2.05, 4.69) is 27.4 Å². The Morgan fingerprint density at radius 2 is 1.52 bits per heavy atom. The van der Waals surface area contributed by atoms with E-state index in [0.717, 1.165) is 44.1 Å². The van der Waals surface area contributed by atoms with E-state index in [9.17, 15) is 43.6 Å². The molecule has 1 unspecified atom stereocenters. The first-order valence-electron chi connectivity index (χ1n) is 20.2. The second kappa shape index (κ2) is 18.6. The summed E-state index contributed by atoms with van der Waals surface area (Å²) in [6.45, 7) is 12.5. The van der Waals surface area contributed by atoms with E-state index < -0.39 is 78.4 Å². The molecule has 4 saturated carbocycles. The van der Waals surface area contributed by atoms with Crippen molar-refractivity contribution in [2.24, 2.45) is 52.3 Å². The van der Waals surface area contributed by atoms with E-state index in [1.54, 1.807) is 0 Å². The van der Waals surface area contributed by atoms with Gasteiger partial charge >= 0.3 is 29.6 Å². The van der Waals surface area contributed by atoms with Crippen molar-refractivity contribution in [3.63, 3.8) is 0 Å². The average Bonchev–Trinajstić information content (AvgIpc) is 3.40. The Labute approximate surface area is 354 Å². The van der Waals surface area contributed by atoms with Gasteiger partial charge in [0.25, 0.3) is 0 Å². The Bertz CT molecular complexity index is 1440. The Kier molecular flexibility index (Phi) is 15.7. The molecule has 15 nitrogen and oxygen atoms in total. The monoisotopic (exact) mass is 828 g/mol. The van der Waals surface area contributed by atoms with E-state index in [-0.39, 0.29) is 83.4 Å². The van der Waals surface area contributed by atoms with E-state index in [1.807, 2.05) is 6.92 Å². The first-order chi connectivity index (χ1) is 25.8. The van der Waals surface area contributed by atoms with Crippen LogP contribution in [0.25, 0.3) is 0 Å². The summed E-state index contributed by atoms with van der Waals surface area (Å²) in [4.78, 5) is 0. The largest absolute Gasteiger partial charge is 1.00 e. The number of rotatable bonds is 13. The third-order valence-electron chi connectivity index (χ3n) is 15.1. The van der Waals surface area contributed by atoms with Gasteiger partial charge in [-0.3, -0.25) is 4.18 Å². The smallest absolute Gasteiger partial charge is 0.726 e. The van der Waals surface area contributed by atoms with Gasteiger partial charge in [0.05, 0.1) is 38.1 Å². The van der Waals surface area contributed by atoms with Crippen LogP contribution in [0.15, 0.2) is 12.2 Å². The van der Waals surface area contributed by atoms with Gasteiger partial charge in [-0.1, -0.05) is 39.8 Å². The molecule has 2 saturated heterocycles. The van der Waals surface area contributed by atoms with Crippen LogP contribution in [0.5, 0.6) is 0 Å². The molecule has 4 aliphatic carbocycles. The van der Waals surface area contributed by atoms with Crippen LogP contribution in [-0.2, 0) is 38.3 Å². The van der Waals surface area contributed by atoms with E-state index in [1.165, 1.54) is 7.11 Å². The maximum atomic E-state index is 11.7. The molecule has 6 aliphatic rings. The van der Waals surface area contributed by atoms with E-state index in [0.29, 0.717) is 37.0 Å². The summed E-state index contributed by atoms with van der Waals surface area (Å²) < 4.78 is 68.1. The minimum atomic E-state index is -5.30. The maximum Gasteiger partial charge on any atom is 1.00 e. The number of fused-ring (bicyclic) bond motifs is 5. The fourth-order valence-corrected chi connectivity index (χ4v) is 12.6. The quantitative estimate of drug-likeness (QED) is 0.0544. The topological polar surface area (TPSA) is 234 Å². The maximum absolute atomic E-state index is 11.7. The average molecular weight is 829 g/mol. The zero-order valence-corrected chi connectivity index (χ0v) is 36.7. The Morgan fingerprint density at radius 3 is 2.20 bits per heavy atom. The minimum absolute atomic E-state index is 0. The molecule has 0 aromatic rings. The van der Waals surface area contributed by atoms with Crippen LogP contribution in [0.1, 0.15) is 85.5 Å². The van der Waals surface area contributed by atoms with Crippen LogP contribution in [0.3, 0.4) is 0 Å². The molecule has 0 radical (unpaired) electrons. The molecule has 2 heterocycles. The van der Waals surface area contributed by atoms with Gasteiger partial charge < -0.3 is 58.9 Å². The molecule has 0 spiro atoms. The zero-order valence-electron chi connectivity index (χ0n) is 33.9. The van der Waals surface area contributed by atoms with Crippen LogP contribution < -0.4 is 29.6 Å². The third-order valence-corrected chi connectivity index (χ3v) is 15.6. The first-order valence-corrected chi connectivity index (χ1v) is 21.6. The molecule has 17 heteroatoms. The SMILES string of the molecule is C=C(CC[C@@H](C)[C@H]1C[C@@H](O)[C@H]2[C@@H]3C[C@H](O)[C@H]4C[C@@H](O)CC[C@]4(C)[C@H]3CC[C@@]21C)C(C)CO[C@@H]1OC[C@@H](O)[C@H](OS(=O)(=O)[O-])[C@H]1O[C@@H]1OC[C@@H](O)[C@H](O)[C@H]1OC.[Na+]. The van der Waals surface area contributed by atoms with Gasteiger partial charge in [-0.25, -0.2) is 8.42 Å². The standard InChI is InChI=1S/C39H66O15S.Na/c1-19(21(3)16-50-36-35(33(30(44)18-51-36)54-55(46,47)48)53-37-34(49-6)32(45)29(43)17-52-37)7-8-20(2)25-15-28(42)31-23-14-27(41)26-13-22(40)9-11-38(26,4)24(23)10-12-39(25,31)5;/h20-37,40-45H,1,7-18H2,2-6H3,(H,46,47,48);/q;+1/p-1/t20-,21?,22+,23-,24+,25-,26-,27+,28-,29-,30-,31-,32+,33+,34-,35-,36-,37+,38-,39-;/m1./s1. The second-order valence-electron chi connectivity index (χ2n) is 18.3. The molecule has 0 aromatic carbocycles. The summed E-state index contributed by atoms with van der Waals surface area (Å²) in [5.41, 5.74) is 0.833. The van der Waals surface area contributed by atoms with Crippen LogP contribution in [-0.4, -0.2) is 138 Å². The van der Waals surface area contributed by atoms with Crippen molar-refractivity contribution in [3.8, 4) is 0 Å². The first kappa shape index (κ1) is 47.2. The third kappa shape index (κ3) is 9.47. The normalized spacial score (nSPS) is 47.8. The molecule has 0 amide bonds. The van der Waals surface area contributed by atoms with Crippen molar-refractivity contribution in [3.05, 3.63) is 12.2 Å². The summed E-state index contributed by atoms with van der Waals surface area (Å²) in [5.74, 6) is 1.30. The van der Waals surface area contributed by atoms with Crippen LogP contribution >= 0.6 is 0 Å². The molecule has 0 aromatic heterocycles. The van der Waals surface area contributed by atoms with E-state index in [4.69, 9.17) is 27.9 Å².